The first-order valence-corrected chi connectivity index (χ1v) is 5.44. The van der Waals surface area contributed by atoms with Gasteiger partial charge >= 0.3 is 0 Å². The van der Waals surface area contributed by atoms with Crippen molar-refractivity contribution in [1.29, 1.82) is 5.26 Å². The molecule has 0 saturated heterocycles. The van der Waals surface area contributed by atoms with Crippen LogP contribution in [0.1, 0.15) is 25.8 Å². The molecule has 17 heavy (non-hydrogen) atoms. The minimum atomic E-state index is -0.572. The number of halogens is 1. The second-order valence-corrected chi connectivity index (χ2v) is 5.04. The summed E-state index contributed by atoms with van der Waals surface area (Å²) in [5.74, 6) is -0.624. The average Bonchev–Trinajstić information content (AvgIpc) is 2.91. The Kier molecular flexibility index (Phi) is 2.62. The van der Waals surface area contributed by atoms with Gasteiger partial charge in [-0.3, -0.25) is 4.79 Å². The van der Waals surface area contributed by atoms with E-state index < -0.39 is 5.82 Å². The molecule has 1 amide bonds. The SMILES string of the molecule is CC1(C)CC1C(=O)Nc1ccc(F)c(C#N)c1. The van der Waals surface area contributed by atoms with Gasteiger partial charge in [0.25, 0.3) is 0 Å². The Morgan fingerprint density at radius 3 is 2.76 bits per heavy atom. The highest BCUT2D eigenvalue weighted by Gasteiger charge is 2.50. The van der Waals surface area contributed by atoms with Gasteiger partial charge in [-0.1, -0.05) is 13.8 Å². The molecule has 4 heteroatoms. The van der Waals surface area contributed by atoms with Crippen molar-refractivity contribution < 1.29 is 9.18 Å². The Labute approximate surface area is 99.2 Å². The number of benzene rings is 1. The normalized spacial score (nSPS) is 20.5. The Morgan fingerprint density at radius 2 is 2.24 bits per heavy atom. The van der Waals surface area contributed by atoms with Gasteiger partial charge in [-0.25, -0.2) is 4.39 Å². The van der Waals surface area contributed by atoms with Crippen LogP contribution in [0, 0.1) is 28.5 Å². The van der Waals surface area contributed by atoms with Crippen LogP contribution in [0.3, 0.4) is 0 Å². The van der Waals surface area contributed by atoms with Gasteiger partial charge in [-0.2, -0.15) is 5.26 Å². The van der Waals surface area contributed by atoms with Gasteiger partial charge in [0.05, 0.1) is 5.56 Å². The number of hydrogen-bond acceptors (Lipinski definition) is 2. The first-order chi connectivity index (χ1) is 7.94. The molecule has 0 radical (unpaired) electrons. The summed E-state index contributed by atoms with van der Waals surface area (Å²) in [5, 5.41) is 11.4. The summed E-state index contributed by atoms with van der Waals surface area (Å²) in [5.41, 5.74) is 0.468. The van der Waals surface area contributed by atoms with Crippen LogP contribution < -0.4 is 5.32 Å². The highest BCUT2D eigenvalue weighted by molar-refractivity contribution is 5.95. The fourth-order valence-corrected chi connectivity index (χ4v) is 1.83. The number of amides is 1. The van der Waals surface area contributed by atoms with Crippen molar-refractivity contribution >= 4 is 11.6 Å². The quantitative estimate of drug-likeness (QED) is 0.852. The lowest BCUT2D eigenvalue weighted by Crippen LogP contribution is -2.16. The molecule has 1 aromatic carbocycles. The Bertz CT molecular complexity index is 517. The summed E-state index contributed by atoms with van der Waals surface area (Å²) in [6, 6.07) is 5.74. The van der Waals surface area contributed by atoms with Gasteiger partial charge in [-0.15, -0.1) is 0 Å². The standard InChI is InChI=1S/C13H13FN2O/c1-13(2)6-10(13)12(17)16-9-3-4-11(14)8(5-9)7-15/h3-5,10H,6H2,1-2H3,(H,16,17). The molecular formula is C13H13FN2O. The van der Waals surface area contributed by atoms with E-state index in [0.717, 1.165) is 6.42 Å². The average molecular weight is 232 g/mol. The lowest BCUT2D eigenvalue weighted by atomic mass is 10.1. The Hall–Kier alpha value is -1.89. The molecule has 1 unspecified atom stereocenters. The molecule has 1 aliphatic rings. The maximum atomic E-state index is 13.1. The van der Waals surface area contributed by atoms with E-state index in [4.69, 9.17) is 5.26 Å². The van der Waals surface area contributed by atoms with Gasteiger partial charge in [0.15, 0.2) is 0 Å². The van der Waals surface area contributed by atoms with Crippen molar-refractivity contribution in [1.82, 2.24) is 0 Å². The number of carbonyl (C=O) groups excluding carboxylic acids is 1. The van der Waals surface area contributed by atoms with Crippen molar-refractivity contribution in [3.05, 3.63) is 29.6 Å². The summed E-state index contributed by atoms with van der Waals surface area (Å²) < 4.78 is 13.1. The van der Waals surface area contributed by atoms with Crippen LogP contribution in [-0.2, 0) is 4.79 Å². The molecule has 1 N–H and O–H groups in total. The molecule has 3 nitrogen and oxygen atoms in total. The summed E-state index contributed by atoms with van der Waals surface area (Å²) in [6.07, 6.45) is 0.866. The molecule has 0 spiro atoms. The summed E-state index contributed by atoms with van der Waals surface area (Å²) >= 11 is 0. The first kappa shape index (κ1) is 11.6. The van der Waals surface area contributed by atoms with E-state index in [0.29, 0.717) is 5.69 Å². The lowest BCUT2D eigenvalue weighted by molar-refractivity contribution is -0.118. The number of anilines is 1. The smallest absolute Gasteiger partial charge is 0.228 e. The number of carbonyl (C=O) groups is 1. The van der Waals surface area contributed by atoms with Gasteiger partial charge in [-0.05, 0) is 30.0 Å². The Balaban J connectivity index is 2.10. The molecule has 1 saturated carbocycles. The third-order valence-electron chi connectivity index (χ3n) is 3.18. The maximum Gasteiger partial charge on any atom is 0.228 e. The molecule has 0 bridgehead atoms. The van der Waals surface area contributed by atoms with Crippen LogP contribution in [-0.4, -0.2) is 5.91 Å². The van der Waals surface area contributed by atoms with Crippen molar-refractivity contribution in [3.63, 3.8) is 0 Å². The zero-order valence-electron chi connectivity index (χ0n) is 9.75. The number of nitrogens with zero attached hydrogens (tertiary/aromatic N) is 1. The lowest BCUT2D eigenvalue weighted by Gasteiger charge is -2.07. The fraction of sp³-hybridized carbons (Fsp3) is 0.385. The predicted octanol–water partition coefficient (Wildman–Crippen LogP) is 2.68. The monoisotopic (exact) mass is 232 g/mol. The van der Waals surface area contributed by atoms with Crippen LogP contribution >= 0.6 is 0 Å². The number of nitrogens with one attached hydrogen (secondary N) is 1. The molecule has 1 aromatic rings. The van der Waals surface area contributed by atoms with E-state index in [1.807, 2.05) is 13.8 Å². The molecule has 0 heterocycles. The largest absolute Gasteiger partial charge is 0.326 e. The predicted molar refractivity (Wildman–Crippen MR) is 61.6 cm³/mol. The van der Waals surface area contributed by atoms with Crippen LogP contribution in [0.2, 0.25) is 0 Å². The summed E-state index contributed by atoms with van der Waals surface area (Å²) in [6.45, 7) is 4.06. The van der Waals surface area contributed by atoms with Crippen molar-refractivity contribution in [2.45, 2.75) is 20.3 Å². The minimum Gasteiger partial charge on any atom is -0.326 e. The number of rotatable bonds is 2. The number of hydrogen-bond donors (Lipinski definition) is 1. The van der Waals surface area contributed by atoms with E-state index in [1.165, 1.54) is 18.2 Å². The molecule has 0 aromatic heterocycles. The van der Waals surface area contributed by atoms with E-state index in [9.17, 15) is 9.18 Å². The maximum absolute atomic E-state index is 13.1. The Morgan fingerprint density at radius 1 is 1.59 bits per heavy atom. The van der Waals surface area contributed by atoms with E-state index in [2.05, 4.69) is 5.32 Å². The van der Waals surface area contributed by atoms with Crippen LogP contribution in [0.15, 0.2) is 18.2 Å². The molecular weight excluding hydrogens is 219 g/mol. The van der Waals surface area contributed by atoms with E-state index in [1.54, 1.807) is 6.07 Å². The highest BCUT2D eigenvalue weighted by Crippen LogP contribution is 2.51. The van der Waals surface area contributed by atoms with Gasteiger partial charge in [0.2, 0.25) is 5.91 Å². The molecule has 1 aliphatic carbocycles. The van der Waals surface area contributed by atoms with Crippen LogP contribution in [0.4, 0.5) is 10.1 Å². The van der Waals surface area contributed by atoms with Crippen molar-refractivity contribution in [2.24, 2.45) is 11.3 Å². The molecule has 0 aliphatic heterocycles. The molecule has 2 rings (SSSR count). The third kappa shape index (κ3) is 2.28. The van der Waals surface area contributed by atoms with Crippen LogP contribution in [0.5, 0.6) is 0 Å². The second kappa shape index (κ2) is 3.85. The van der Waals surface area contributed by atoms with Crippen molar-refractivity contribution in [3.8, 4) is 6.07 Å². The van der Waals surface area contributed by atoms with E-state index >= 15 is 0 Å². The second-order valence-electron chi connectivity index (χ2n) is 5.04. The number of nitriles is 1. The fourth-order valence-electron chi connectivity index (χ4n) is 1.83. The zero-order chi connectivity index (χ0) is 12.6. The van der Waals surface area contributed by atoms with E-state index in [-0.39, 0.29) is 22.8 Å². The summed E-state index contributed by atoms with van der Waals surface area (Å²) in [7, 11) is 0. The first-order valence-electron chi connectivity index (χ1n) is 5.44. The molecule has 88 valence electrons. The van der Waals surface area contributed by atoms with Gasteiger partial charge in [0, 0.05) is 11.6 Å². The van der Waals surface area contributed by atoms with Gasteiger partial charge < -0.3 is 5.32 Å². The van der Waals surface area contributed by atoms with Crippen molar-refractivity contribution in [2.75, 3.05) is 5.32 Å². The highest BCUT2D eigenvalue weighted by atomic mass is 19.1. The molecule has 1 atom stereocenters. The zero-order valence-corrected chi connectivity index (χ0v) is 9.75. The minimum absolute atomic E-state index is 0.0121. The van der Waals surface area contributed by atoms with Gasteiger partial charge in [0.1, 0.15) is 11.9 Å². The third-order valence-corrected chi connectivity index (χ3v) is 3.18. The topological polar surface area (TPSA) is 52.9 Å². The molecule has 1 fully saturated rings. The summed E-state index contributed by atoms with van der Waals surface area (Å²) in [4.78, 5) is 11.8. The van der Waals surface area contributed by atoms with Crippen LogP contribution in [0.25, 0.3) is 0 Å².